The second kappa shape index (κ2) is 9.61. The van der Waals surface area contributed by atoms with Crippen molar-refractivity contribution in [2.75, 3.05) is 14.2 Å². The average molecular weight is 479 g/mol. The van der Waals surface area contributed by atoms with Crippen LogP contribution in [0.15, 0.2) is 76.5 Å². The molecule has 34 heavy (non-hydrogen) atoms. The van der Waals surface area contributed by atoms with Crippen molar-refractivity contribution in [2.45, 2.75) is 19.8 Å². The molecule has 1 aromatic heterocycles. The van der Waals surface area contributed by atoms with Gasteiger partial charge in [0.05, 0.1) is 37.0 Å². The number of thiazole rings is 1. The van der Waals surface area contributed by atoms with E-state index >= 15 is 0 Å². The summed E-state index contributed by atoms with van der Waals surface area (Å²) < 4.78 is 23.4. The van der Waals surface area contributed by atoms with E-state index in [1.54, 1.807) is 26.0 Å². The second-order valence-electron chi connectivity index (χ2n) is 7.79. The fourth-order valence-electron chi connectivity index (χ4n) is 4.10. The minimum absolute atomic E-state index is 0.302. The normalized spacial score (nSPS) is 14.1. The zero-order valence-corrected chi connectivity index (χ0v) is 20.0. The highest BCUT2D eigenvalue weighted by molar-refractivity contribution is 7.13. The number of benzene rings is 2. The number of esters is 2. The van der Waals surface area contributed by atoms with Crippen LogP contribution in [0.4, 0.5) is 4.39 Å². The lowest BCUT2D eigenvalue weighted by molar-refractivity contribution is -0.137. The first-order valence-electron chi connectivity index (χ1n) is 10.5. The molecule has 0 atom stereocenters. The van der Waals surface area contributed by atoms with Crippen LogP contribution in [0.1, 0.15) is 25.3 Å². The minimum atomic E-state index is -0.669. The van der Waals surface area contributed by atoms with Crippen LogP contribution < -0.4 is 5.32 Å². The van der Waals surface area contributed by atoms with Gasteiger partial charge in [-0.25, -0.2) is 19.0 Å². The van der Waals surface area contributed by atoms with Crippen LogP contribution in [0, 0.1) is 5.82 Å². The van der Waals surface area contributed by atoms with E-state index in [-0.39, 0.29) is 5.82 Å². The topological polar surface area (TPSA) is 77.5 Å². The average Bonchev–Trinajstić information content (AvgIpc) is 3.33. The molecular weight excluding hydrogens is 455 g/mol. The van der Waals surface area contributed by atoms with Crippen molar-refractivity contribution in [3.8, 4) is 21.8 Å². The Morgan fingerprint density at radius 3 is 2.15 bits per heavy atom. The molecule has 2 aromatic carbocycles. The Morgan fingerprint density at radius 2 is 1.56 bits per heavy atom. The van der Waals surface area contributed by atoms with Gasteiger partial charge in [0.2, 0.25) is 0 Å². The Bertz CT molecular complexity index is 1290. The van der Waals surface area contributed by atoms with E-state index in [1.807, 2.05) is 29.6 Å². The molecule has 0 spiro atoms. The molecule has 2 heterocycles. The molecule has 0 saturated carbocycles. The molecule has 0 radical (unpaired) electrons. The Kier molecular flexibility index (Phi) is 6.61. The van der Waals surface area contributed by atoms with Crippen molar-refractivity contribution in [1.29, 1.82) is 0 Å². The number of hydrogen-bond acceptors (Lipinski definition) is 7. The number of dihydropyridines is 1. The van der Waals surface area contributed by atoms with Gasteiger partial charge >= 0.3 is 11.9 Å². The molecule has 6 nitrogen and oxygen atoms in total. The molecule has 0 unspecified atom stereocenters. The molecule has 0 aliphatic carbocycles. The molecule has 0 amide bonds. The summed E-state index contributed by atoms with van der Waals surface area (Å²) in [4.78, 5) is 30.2. The van der Waals surface area contributed by atoms with Crippen LogP contribution in [-0.2, 0) is 19.1 Å². The maximum Gasteiger partial charge on any atom is 0.336 e. The summed E-state index contributed by atoms with van der Waals surface area (Å²) in [6, 6.07) is 13.7. The van der Waals surface area contributed by atoms with Crippen LogP contribution in [-0.4, -0.2) is 31.1 Å². The molecule has 1 aliphatic heterocycles. The van der Waals surface area contributed by atoms with Gasteiger partial charge in [0.25, 0.3) is 0 Å². The predicted octanol–water partition coefficient (Wildman–Crippen LogP) is 5.20. The van der Waals surface area contributed by atoms with E-state index < -0.39 is 17.9 Å². The third-order valence-corrected chi connectivity index (χ3v) is 6.57. The summed E-state index contributed by atoms with van der Waals surface area (Å²) >= 11 is 1.46. The highest BCUT2D eigenvalue weighted by atomic mass is 32.1. The predicted molar refractivity (Wildman–Crippen MR) is 128 cm³/mol. The Morgan fingerprint density at radius 1 is 0.941 bits per heavy atom. The van der Waals surface area contributed by atoms with E-state index in [1.165, 1.54) is 37.7 Å². The van der Waals surface area contributed by atoms with Crippen molar-refractivity contribution in [3.05, 3.63) is 87.8 Å². The molecule has 0 saturated heterocycles. The summed E-state index contributed by atoms with van der Waals surface area (Å²) in [6.07, 6.45) is 0. The third kappa shape index (κ3) is 4.36. The number of aromatic nitrogens is 1. The number of allylic oxidation sites excluding steroid dienone is 2. The third-order valence-electron chi connectivity index (χ3n) is 5.68. The summed E-state index contributed by atoms with van der Waals surface area (Å²) in [7, 11) is 2.62. The van der Waals surface area contributed by atoms with Crippen molar-refractivity contribution in [2.24, 2.45) is 0 Å². The Labute approximate surface area is 200 Å². The Hall–Kier alpha value is -3.78. The van der Waals surface area contributed by atoms with Crippen molar-refractivity contribution in [1.82, 2.24) is 10.3 Å². The number of carbonyl (C=O) groups is 2. The van der Waals surface area contributed by atoms with E-state index in [4.69, 9.17) is 14.5 Å². The first kappa shape index (κ1) is 23.4. The highest BCUT2D eigenvalue weighted by Crippen LogP contribution is 2.40. The SMILES string of the molecule is COC(=O)C1=C(C)NC(C)=C(C(=O)OC)C1c1cccc(-c2nc(-c3ccc(F)cc3)cs2)c1. The molecule has 0 fully saturated rings. The van der Waals surface area contributed by atoms with E-state index in [9.17, 15) is 14.0 Å². The van der Waals surface area contributed by atoms with Gasteiger partial charge in [-0.2, -0.15) is 0 Å². The fourth-order valence-corrected chi connectivity index (χ4v) is 4.93. The second-order valence-corrected chi connectivity index (χ2v) is 8.65. The summed E-state index contributed by atoms with van der Waals surface area (Å²) in [5.41, 5.74) is 5.03. The lowest BCUT2D eigenvalue weighted by Gasteiger charge is -2.30. The van der Waals surface area contributed by atoms with Crippen LogP contribution in [0.25, 0.3) is 21.8 Å². The maximum absolute atomic E-state index is 13.3. The zero-order valence-electron chi connectivity index (χ0n) is 19.1. The first-order chi connectivity index (χ1) is 16.3. The molecule has 8 heteroatoms. The minimum Gasteiger partial charge on any atom is -0.466 e. The largest absolute Gasteiger partial charge is 0.466 e. The molecule has 3 aromatic rings. The van der Waals surface area contributed by atoms with Gasteiger partial charge < -0.3 is 14.8 Å². The Balaban J connectivity index is 1.79. The monoisotopic (exact) mass is 478 g/mol. The summed E-state index contributed by atoms with van der Waals surface area (Å²) in [5, 5.41) is 5.77. The zero-order chi connectivity index (χ0) is 24.4. The number of rotatable bonds is 5. The lowest BCUT2D eigenvalue weighted by atomic mass is 9.80. The number of hydrogen-bond donors (Lipinski definition) is 1. The molecular formula is C26H23FN2O4S. The number of nitrogens with one attached hydrogen (secondary N) is 1. The van der Waals surface area contributed by atoms with Crippen molar-refractivity contribution in [3.63, 3.8) is 0 Å². The molecule has 4 rings (SSSR count). The van der Waals surface area contributed by atoms with Gasteiger partial charge in [-0.05, 0) is 49.7 Å². The number of nitrogens with zero attached hydrogens (tertiary/aromatic N) is 1. The van der Waals surface area contributed by atoms with Gasteiger partial charge in [0.15, 0.2) is 0 Å². The van der Waals surface area contributed by atoms with Crippen LogP contribution in [0.2, 0.25) is 0 Å². The van der Waals surface area contributed by atoms with E-state index in [2.05, 4.69) is 5.32 Å². The van der Waals surface area contributed by atoms with Gasteiger partial charge in [-0.3, -0.25) is 0 Å². The molecule has 1 aliphatic rings. The summed E-state index contributed by atoms with van der Waals surface area (Å²) in [5.74, 6) is -2.02. The number of methoxy groups -OCH3 is 2. The molecule has 1 N–H and O–H groups in total. The first-order valence-corrected chi connectivity index (χ1v) is 11.4. The standard InChI is InChI=1S/C26H23FN2O4S/c1-14-21(25(30)32-3)23(22(15(2)28-14)26(31)33-4)17-6-5-7-18(12-17)24-29-20(13-34-24)16-8-10-19(27)11-9-16/h5-13,23,28H,1-4H3. The van der Waals surface area contributed by atoms with E-state index in [0.29, 0.717) is 22.5 Å². The van der Waals surface area contributed by atoms with E-state index in [0.717, 1.165) is 27.4 Å². The quantitative estimate of drug-likeness (QED) is 0.508. The van der Waals surface area contributed by atoms with Gasteiger partial charge in [0.1, 0.15) is 10.8 Å². The summed E-state index contributed by atoms with van der Waals surface area (Å²) in [6.45, 7) is 3.55. The smallest absolute Gasteiger partial charge is 0.336 e. The number of halogens is 1. The fraction of sp³-hybridized carbons (Fsp3) is 0.192. The highest BCUT2D eigenvalue weighted by Gasteiger charge is 2.37. The van der Waals surface area contributed by atoms with Crippen molar-refractivity contribution < 1.29 is 23.5 Å². The maximum atomic E-state index is 13.3. The molecule has 174 valence electrons. The van der Waals surface area contributed by atoms with Gasteiger partial charge in [0, 0.05) is 27.9 Å². The number of carbonyl (C=O) groups excluding carboxylic acids is 2. The van der Waals surface area contributed by atoms with Gasteiger partial charge in [-0.1, -0.05) is 18.2 Å². The van der Waals surface area contributed by atoms with Crippen LogP contribution in [0.5, 0.6) is 0 Å². The van der Waals surface area contributed by atoms with Crippen LogP contribution in [0.3, 0.4) is 0 Å². The van der Waals surface area contributed by atoms with Gasteiger partial charge in [-0.15, -0.1) is 11.3 Å². The van der Waals surface area contributed by atoms with Crippen molar-refractivity contribution >= 4 is 23.3 Å². The van der Waals surface area contributed by atoms with Crippen LogP contribution >= 0.6 is 11.3 Å². The molecule has 0 bridgehead atoms. The number of ether oxygens (including phenoxy) is 2. The lowest BCUT2D eigenvalue weighted by Crippen LogP contribution is -2.32.